The zero-order chi connectivity index (χ0) is 10.3. The monoisotopic (exact) mass is 208 g/mol. The average molecular weight is 208 g/mol. The fraction of sp³-hybridized carbons (Fsp3) is 0.692. The summed E-state index contributed by atoms with van der Waals surface area (Å²) in [6.45, 7) is 0.469. The molecule has 0 radical (unpaired) electrons. The van der Waals surface area contributed by atoms with Gasteiger partial charge in [0.15, 0.2) is 0 Å². The summed E-state index contributed by atoms with van der Waals surface area (Å²) in [5.74, 6) is 0. The van der Waals surface area contributed by atoms with Crippen LogP contribution in [-0.4, -0.2) is 19.0 Å². The fourth-order valence-corrected chi connectivity index (χ4v) is 2.07. The van der Waals surface area contributed by atoms with Crippen molar-refractivity contribution in [3.8, 4) is 0 Å². The van der Waals surface area contributed by atoms with Crippen molar-refractivity contribution in [3.63, 3.8) is 0 Å². The molecule has 2 unspecified atom stereocenters. The molecule has 0 fully saturated rings. The minimum Gasteiger partial charge on any atom is -0.352 e. The van der Waals surface area contributed by atoms with E-state index in [1.54, 1.807) is 0 Å². The van der Waals surface area contributed by atoms with Crippen LogP contribution in [0.15, 0.2) is 24.3 Å². The summed E-state index contributed by atoms with van der Waals surface area (Å²) >= 11 is 0. The highest BCUT2D eigenvalue weighted by Gasteiger charge is 2.13. The highest BCUT2D eigenvalue weighted by atomic mass is 16.7. The van der Waals surface area contributed by atoms with Crippen LogP contribution in [0.1, 0.15) is 38.5 Å². The van der Waals surface area contributed by atoms with Crippen molar-refractivity contribution in [2.45, 2.75) is 50.7 Å². The molecule has 2 nitrogen and oxygen atoms in total. The van der Waals surface area contributed by atoms with Gasteiger partial charge >= 0.3 is 0 Å². The first kappa shape index (κ1) is 10.9. The normalized spacial score (nSPS) is 30.7. The molecule has 84 valence electrons. The lowest BCUT2D eigenvalue weighted by atomic mass is 10.0. The Morgan fingerprint density at radius 1 is 0.800 bits per heavy atom. The van der Waals surface area contributed by atoms with Crippen molar-refractivity contribution in [2.24, 2.45) is 0 Å². The van der Waals surface area contributed by atoms with Crippen LogP contribution >= 0.6 is 0 Å². The van der Waals surface area contributed by atoms with E-state index in [0.29, 0.717) is 19.0 Å². The number of allylic oxidation sites excluding steroid dienone is 2. The lowest BCUT2D eigenvalue weighted by Gasteiger charge is -2.22. The Morgan fingerprint density at radius 2 is 1.33 bits per heavy atom. The highest BCUT2D eigenvalue weighted by Crippen LogP contribution is 2.17. The second kappa shape index (κ2) is 6.09. The molecule has 2 heteroatoms. The summed E-state index contributed by atoms with van der Waals surface area (Å²) in [6.07, 6.45) is 16.3. The van der Waals surface area contributed by atoms with Crippen LogP contribution in [0.2, 0.25) is 0 Å². The second-order valence-corrected chi connectivity index (χ2v) is 4.26. The first-order valence-corrected chi connectivity index (χ1v) is 5.98. The van der Waals surface area contributed by atoms with Gasteiger partial charge in [0.05, 0.1) is 12.2 Å². The Hall–Kier alpha value is -0.600. The van der Waals surface area contributed by atoms with Gasteiger partial charge in [-0.15, -0.1) is 0 Å². The van der Waals surface area contributed by atoms with E-state index < -0.39 is 0 Å². The summed E-state index contributed by atoms with van der Waals surface area (Å²) in [6, 6.07) is 0. The molecule has 0 saturated heterocycles. The third kappa shape index (κ3) is 3.80. The molecule has 2 aliphatic rings. The van der Waals surface area contributed by atoms with Gasteiger partial charge in [0, 0.05) is 0 Å². The summed E-state index contributed by atoms with van der Waals surface area (Å²) in [5.41, 5.74) is 0. The van der Waals surface area contributed by atoms with E-state index in [1.807, 2.05) is 0 Å². The highest BCUT2D eigenvalue weighted by molar-refractivity contribution is 4.91. The van der Waals surface area contributed by atoms with E-state index in [9.17, 15) is 0 Å². The Kier molecular flexibility index (Phi) is 4.42. The predicted octanol–water partition coefficient (Wildman–Crippen LogP) is 3.19. The third-order valence-electron chi connectivity index (χ3n) is 3.05. The predicted molar refractivity (Wildman–Crippen MR) is 60.6 cm³/mol. The van der Waals surface area contributed by atoms with E-state index in [-0.39, 0.29) is 0 Å². The molecule has 0 heterocycles. The minimum atomic E-state index is 0.383. The summed E-state index contributed by atoms with van der Waals surface area (Å²) in [5, 5.41) is 0. The Morgan fingerprint density at radius 3 is 1.73 bits per heavy atom. The van der Waals surface area contributed by atoms with Gasteiger partial charge in [-0.1, -0.05) is 24.3 Å². The van der Waals surface area contributed by atoms with Crippen LogP contribution in [-0.2, 0) is 9.47 Å². The zero-order valence-corrected chi connectivity index (χ0v) is 9.23. The minimum absolute atomic E-state index is 0.383. The fourth-order valence-electron chi connectivity index (χ4n) is 2.07. The number of rotatable bonds is 4. The van der Waals surface area contributed by atoms with Gasteiger partial charge in [0.2, 0.25) is 0 Å². The lowest BCUT2D eigenvalue weighted by Crippen LogP contribution is -2.21. The van der Waals surface area contributed by atoms with Gasteiger partial charge in [0.25, 0.3) is 0 Å². The van der Waals surface area contributed by atoms with Gasteiger partial charge in [-0.05, 0) is 38.5 Å². The molecule has 0 aromatic carbocycles. The quantitative estimate of drug-likeness (QED) is 0.522. The van der Waals surface area contributed by atoms with Crippen LogP contribution in [0.4, 0.5) is 0 Å². The molecular formula is C13H20O2. The van der Waals surface area contributed by atoms with Crippen molar-refractivity contribution in [1.82, 2.24) is 0 Å². The molecule has 2 atom stereocenters. The maximum atomic E-state index is 5.69. The lowest BCUT2D eigenvalue weighted by molar-refractivity contribution is -0.120. The second-order valence-electron chi connectivity index (χ2n) is 4.26. The molecule has 0 aromatic heterocycles. The Balaban J connectivity index is 1.57. The third-order valence-corrected chi connectivity index (χ3v) is 3.05. The molecule has 0 spiro atoms. The van der Waals surface area contributed by atoms with E-state index >= 15 is 0 Å². The topological polar surface area (TPSA) is 18.5 Å². The standard InChI is InChI=1S/C13H20O2/c1-3-7-12(8-4-1)14-11-15-13-9-5-2-6-10-13/h1-3,5,12-13H,4,6-11H2. The summed E-state index contributed by atoms with van der Waals surface area (Å²) < 4.78 is 11.4. The van der Waals surface area contributed by atoms with Crippen LogP contribution in [0.3, 0.4) is 0 Å². The van der Waals surface area contributed by atoms with Crippen LogP contribution in [0.25, 0.3) is 0 Å². The smallest absolute Gasteiger partial charge is 0.147 e. The van der Waals surface area contributed by atoms with Gasteiger partial charge in [-0.3, -0.25) is 0 Å². The molecule has 2 aliphatic carbocycles. The van der Waals surface area contributed by atoms with Crippen LogP contribution < -0.4 is 0 Å². The molecule has 0 aliphatic heterocycles. The van der Waals surface area contributed by atoms with Crippen molar-refractivity contribution in [3.05, 3.63) is 24.3 Å². The van der Waals surface area contributed by atoms with Crippen molar-refractivity contribution in [1.29, 1.82) is 0 Å². The van der Waals surface area contributed by atoms with E-state index in [0.717, 1.165) is 38.5 Å². The van der Waals surface area contributed by atoms with Gasteiger partial charge in [0.1, 0.15) is 6.79 Å². The SMILES string of the molecule is C1=CCC(OCOC2CC=CCC2)CC1. The van der Waals surface area contributed by atoms with Crippen molar-refractivity contribution in [2.75, 3.05) is 6.79 Å². The molecule has 0 saturated carbocycles. The molecular weight excluding hydrogens is 188 g/mol. The van der Waals surface area contributed by atoms with Crippen molar-refractivity contribution < 1.29 is 9.47 Å². The van der Waals surface area contributed by atoms with Crippen molar-refractivity contribution >= 4 is 0 Å². The van der Waals surface area contributed by atoms with Gasteiger partial charge < -0.3 is 9.47 Å². The molecule has 0 N–H and O–H groups in total. The number of hydrogen-bond donors (Lipinski definition) is 0. The molecule has 0 aromatic rings. The Bertz CT molecular complexity index is 209. The van der Waals surface area contributed by atoms with E-state index in [4.69, 9.17) is 9.47 Å². The van der Waals surface area contributed by atoms with Gasteiger partial charge in [-0.25, -0.2) is 0 Å². The van der Waals surface area contributed by atoms with Crippen LogP contribution in [0, 0.1) is 0 Å². The molecule has 0 amide bonds. The molecule has 15 heavy (non-hydrogen) atoms. The summed E-state index contributed by atoms with van der Waals surface area (Å²) in [7, 11) is 0. The van der Waals surface area contributed by atoms with E-state index in [2.05, 4.69) is 24.3 Å². The number of hydrogen-bond acceptors (Lipinski definition) is 2. The maximum Gasteiger partial charge on any atom is 0.147 e. The first-order chi connectivity index (χ1) is 7.45. The number of ether oxygens (including phenoxy) is 2. The van der Waals surface area contributed by atoms with Crippen LogP contribution in [0.5, 0.6) is 0 Å². The maximum absolute atomic E-state index is 5.69. The first-order valence-electron chi connectivity index (χ1n) is 5.98. The Labute approximate surface area is 92.0 Å². The largest absolute Gasteiger partial charge is 0.352 e. The zero-order valence-electron chi connectivity index (χ0n) is 9.23. The van der Waals surface area contributed by atoms with Gasteiger partial charge in [-0.2, -0.15) is 0 Å². The molecule has 2 rings (SSSR count). The summed E-state index contributed by atoms with van der Waals surface area (Å²) in [4.78, 5) is 0. The molecule has 0 bridgehead atoms. The van der Waals surface area contributed by atoms with E-state index in [1.165, 1.54) is 0 Å². The average Bonchev–Trinajstić information content (AvgIpc) is 2.32.